The summed E-state index contributed by atoms with van der Waals surface area (Å²) in [6.07, 6.45) is 3.39. The van der Waals surface area contributed by atoms with Gasteiger partial charge < -0.3 is 15.1 Å². The molecule has 2 rings (SSSR count). The monoisotopic (exact) mass is 239 g/mol. The number of rotatable bonds is 4. The van der Waals surface area contributed by atoms with Crippen molar-refractivity contribution in [2.24, 2.45) is 5.92 Å². The van der Waals surface area contributed by atoms with Crippen LogP contribution in [0.5, 0.6) is 0 Å². The standard InChI is InChI=1S/C13H25N3O/c1-3-15-8-6-11(9-15)10-16-7-4-5-12(14-2)13(16)17/h11-12,14H,3-10H2,1-2H3. The van der Waals surface area contributed by atoms with Crippen molar-refractivity contribution in [1.29, 1.82) is 0 Å². The van der Waals surface area contributed by atoms with Gasteiger partial charge in [0.1, 0.15) is 0 Å². The second-order valence-corrected chi connectivity index (χ2v) is 5.32. The van der Waals surface area contributed by atoms with Crippen molar-refractivity contribution < 1.29 is 4.79 Å². The van der Waals surface area contributed by atoms with E-state index in [1.165, 1.54) is 19.5 Å². The topological polar surface area (TPSA) is 35.6 Å². The average molecular weight is 239 g/mol. The second-order valence-electron chi connectivity index (χ2n) is 5.32. The van der Waals surface area contributed by atoms with Crippen LogP contribution in [0.1, 0.15) is 26.2 Å². The van der Waals surface area contributed by atoms with Gasteiger partial charge in [-0.05, 0) is 45.3 Å². The van der Waals surface area contributed by atoms with Gasteiger partial charge in [-0.2, -0.15) is 0 Å². The molecule has 1 amide bonds. The normalized spacial score (nSPS) is 31.2. The Bertz CT molecular complexity index is 269. The van der Waals surface area contributed by atoms with E-state index >= 15 is 0 Å². The first-order valence-electron chi connectivity index (χ1n) is 6.93. The molecule has 2 aliphatic rings. The lowest BCUT2D eigenvalue weighted by molar-refractivity contribution is -0.136. The molecule has 2 fully saturated rings. The zero-order valence-corrected chi connectivity index (χ0v) is 11.1. The lowest BCUT2D eigenvalue weighted by atomic mass is 10.0. The molecule has 17 heavy (non-hydrogen) atoms. The van der Waals surface area contributed by atoms with Crippen molar-refractivity contribution in [3.8, 4) is 0 Å². The molecule has 2 heterocycles. The van der Waals surface area contributed by atoms with E-state index in [1.807, 2.05) is 7.05 Å². The van der Waals surface area contributed by atoms with Crippen LogP contribution in [0.15, 0.2) is 0 Å². The Morgan fingerprint density at radius 2 is 2.18 bits per heavy atom. The van der Waals surface area contributed by atoms with Crippen LogP contribution in [0, 0.1) is 5.92 Å². The maximum absolute atomic E-state index is 12.1. The van der Waals surface area contributed by atoms with E-state index in [2.05, 4.69) is 22.0 Å². The third-order valence-corrected chi connectivity index (χ3v) is 4.17. The Balaban J connectivity index is 1.84. The summed E-state index contributed by atoms with van der Waals surface area (Å²) in [7, 11) is 1.89. The summed E-state index contributed by atoms with van der Waals surface area (Å²) in [5.74, 6) is 1.00. The summed E-state index contributed by atoms with van der Waals surface area (Å²) in [5.41, 5.74) is 0. The lowest BCUT2D eigenvalue weighted by Gasteiger charge is -2.33. The highest BCUT2D eigenvalue weighted by atomic mass is 16.2. The molecule has 98 valence electrons. The van der Waals surface area contributed by atoms with Crippen molar-refractivity contribution in [2.45, 2.75) is 32.2 Å². The van der Waals surface area contributed by atoms with Crippen molar-refractivity contribution in [2.75, 3.05) is 39.8 Å². The quantitative estimate of drug-likeness (QED) is 0.778. The number of likely N-dealkylation sites (N-methyl/N-ethyl adjacent to an activating group) is 1. The molecule has 0 saturated carbocycles. The van der Waals surface area contributed by atoms with E-state index in [1.54, 1.807) is 0 Å². The molecule has 2 unspecified atom stereocenters. The molecule has 0 aromatic rings. The minimum atomic E-state index is 0.0624. The molecule has 1 N–H and O–H groups in total. The molecule has 0 aromatic heterocycles. The van der Waals surface area contributed by atoms with Gasteiger partial charge in [0.25, 0.3) is 0 Å². The van der Waals surface area contributed by atoms with Crippen LogP contribution in [0.3, 0.4) is 0 Å². The zero-order chi connectivity index (χ0) is 12.3. The highest BCUT2D eigenvalue weighted by molar-refractivity contribution is 5.82. The maximum atomic E-state index is 12.1. The number of hydrogen-bond acceptors (Lipinski definition) is 3. The third-order valence-electron chi connectivity index (χ3n) is 4.17. The van der Waals surface area contributed by atoms with E-state index in [9.17, 15) is 4.79 Å². The summed E-state index contributed by atoms with van der Waals surface area (Å²) in [6, 6.07) is 0.0624. The van der Waals surface area contributed by atoms with Crippen molar-refractivity contribution in [3.63, 3.8) is 0 Å². The first-order valence-corrected chi connectivity index (χ1v) is 6.93. The zero-order valence-electron chi connectivity index (χ0n) is 11.1. The summed E-state index contributed by atoms with van der Waals surface area (Å²) in [5, 5.41) is 3.13. The minimum absolute atomic E-state index is 0.0624. The summed E-state index contributed by atoms with van der Waals surface area (Å²) < 4.78 is 0. The van der Waals surface area contributed by atoms with Gasteiger partial charge >= 0.3 is 0 Å². The molecule has 2 saturated heterocycles. The first kappa shape index (κ1) is 12.8. The van der Waals surface area contributed by atoms with Gasteiger partial charge in [0.05, 0.1) is 6.04 Å². The fraction of sp³-hybridized carbons (Fsp3) is 0.923. The molecule has 0 spiro atoms. The number of carbonyl (C=O) groups is 1. The Hall–Kier alpha value is -0.610. The number of hydrogen-bond donors (Lipinski definition) is 1. The molecule has 4 heteroatoms. The summed E-state index contributed by atoms with van der Waals surface area (Å²) in [6.45, 7) is 7.66. The molecule has 0 bridgehead atoms. The molecule has 2 aliphatic heterocycles. The van der Waals surface area contributed by atoms with Crippen LogP contribution >= 0.6 is 0 Å². The number of likely N-dealkylation sites (tertiary alicyclic amines) is 2. The molecule has 4 nitrogen and oxygen atoms in total. The van der Waals surface area contributed by atoms with Gasteiger partial charge in [-0.15, -0.1) is 0 Å². The van der Waals surface area contributed by atoms with Crippen molar-refractivity contribution in [3.05, 3.63) is 0 Å². The number of carbonyl (C=O) groups excluding carboxylic acids is 1. The molecule has 0 aromatic carbocycles. The van der Waals surface area contributed by atoms with Crippen LogP contribution in [0.4, 0.5) is 0 Å². The van der Waals surface area contributed by atoms with Gasteiger partial charge in [-0.1, -0.05) is 6.92 Å². The minimum Gasteiger partial charge on any atom is -0.341 e. The maximum Gasteiger partial charge on any atom is 0.239 e. The number of nitrogens with one attached hydrogen (secondary N) is 1. The molecular formula is C13H25N3O. The SMILES string of the molecule is CCN1CCC(CN2CCCC(NC)C2=O)C1. The van der Waals surface area contributed by atoms with Gasteiger partial charge in [0.2, 0.25) is 5.91 Å². The van der Waals surface area contributed by atoms with E-state index in [0.717, 1.165) is 32.5 Å². The van der Waals surface area contributed by atoms with Gasteiger partial charge in [0.15, 0.2) is 0 Å². The lowest BCUT2D eigenvalue weighted by Crippen LogP contribution is -2.51. The Morgan fingerprint density at radius 3 is 2.82 bits per heavy atom. The smallest absolute Gasteiger partial charge is 0.239 e. The predicted octanol–water partition coefficient (Wildman–Crippen LogP) is 0.539. The Morgan fingerprint density at radius 1 is 1.35 bits per heavy atom. The number of piperidine rings is 1. The van der Waals surface area contributed by atoms with E-state index in [4.69, 9.17) is 0 Å². The predicted molar refractivity (Wildman–Crippen MR) is 68.9 cm³/mol. The first-order chi connectivity index (χ1) is 8.24. The van der Waals surface area contributed by atoms with Crippen molar-refractivity contribution in [1.82, 2.24) is 15.1 Å². The van der Waals surface area contributed by atoms with Crippen LogP contribution in [-0.2, 0) is 4.79 Å². The second kappa shape index (κ2) is 5.83. The fourth-order valence-electron chi connectivity index (χ4n) is 3.05. The largest absolute Gasteiger partial charge is 0.341 e. The van der Waals surface area contributed by atoms with Gasteiger partial charge in [-0.3, -0.25) is 4.79 Å². The fourth-order valence-corrected chi connectivity index (χ4v) is 3.05. The van der Waals surface area contributed by atoms with E-state index in [-0.39, 0.29) is 6.04 Å². The highest BCUT2D eigenvalue weighted by Gasteiger charge is 2.30. The van der Waals surface area contributed by atoms with Crippen LogP contribution in [0.25, 0.3) is 0 Å². The van der Waals surface area contributed by atoms with E-state index in [0.29, 0.717) is 11.8 Å². The molecule has 0 aliphatic carbocycles. The van der Waals surface area contributed by atoms with E-state index < -0.39 is 0 Å². The van der Waals surface area contributed by atoms with Crippen LogP contribution < -0.4 is 5.32 Å². The van der Waals surface area contributed by atoms with Crippen LogP contribution in [-0.4, -0.2) is 61.5 Å². The Kier molecular flexibility index (Phi) is 4.40. The summed E-state index contributed by atoms with van der Waals surface area (Å²) >= 11 is 0. The molecule has 0 radical (unpaired) electrons. The number of amides is 1. The molecular weight excluding hydrogens is 214 g/mol. The van der Waals surface area contributed by atoms with Crippen LogP contribution in [0.2, 0.25) is 0 Å². The molecule has 2 atom stereocenters. The third kappa shape index (κ3) is 2.99. The highest BCUT2D eigenvalue weighted by Crippen LogP contribution is 2.20. The summed E-state index contributed by atoms with van der Waals surface area (Å²) in [4.78, 5) is 16.7. The van der Waals surface area contributed by atoms with Crippen molar-refractivity contribution >= 4 is 5.91 Å². The number of nitrogens with zero attached hydrogens (tertiary/aromatic N) is 2. The van der Waals surface area contributed by atoms with Gasteiger partial charge in [-0.25, -0.2) is 0 Å². The average Bonchev–Trinajstić information content (AvgIpc) is 2.79. The Labute approximate surface area is 104 Å². The van der Waals surface area contributed by atoms with Gasteiger partial charge in [0, 0.05) is 19.6 Å².